The third-order valence-corrected chi connectivity index (χ3v) is 7.75. The molecule has 1 heterocycles. The Morgan fingerprint density at radius 3 is 2.06 bits per heavy atom. The molecule has 4 saturated carbocycles. The first-order valence-corrected chi connectivity index (χ1v) is 9.25. The maximum Gasteiger partial charge on any atom is 0.00712 e. The van der Waals surface area contributed by atoms with Crippen LogP contribution in [0.5, 0.6) is 0 Å². The van der Waals surface area contributed by atoms with Crippen molar-refractivity contribution in [1.29, 1.82) is 0 Å². The number of thioether (sulfide) groups is 1. The third-order valence-electron chi connectivity index (χ3n) is 6.23. The molecule has 0 atom stereocenters. The van der Waals surface area contributed by atoms with E-state index in [1.165, 1.54) is 31.7 Å². The van der Waals surface area contributed by atoms with Crippen molar-refractivity contribution in [2.45, 2.75) is 50.2 Å². The summed E-state index contributed by atoms with van der Waals surface area (Å²) in [5.41, 5.74) is 0. The zero-order valence-corrected chi connectivity index (χ0v) is 12.3. The standard InChI is InChI=1S/C16H27NS/c1-3-17-4-2-15(1)18-10-16-13-6-11-5-12(8-13)9-14(16)7-11/h11-17H,1-10H2. The lowest BCUT2D eigenvalue weighted by atomic mass is 9.52. The summed E-state index contributed by atoms with van der Waals surface area (Å²) in [4.78, 5) is 0. The van der Waals surface area contributed by atoms with Crippen molar-refractivity contribution in [3.63, 3.8) is 0 Å². The van der Waals surface area contributed by atoms with Crippen molar-refractivity contribution in [2.75, 3.05) is 18.8 Å². The van der Waals surface area contributed by atoms with E-state index < -0.39 is 0 Å². The summed E-state index contributed by atoms with van der Waals surface area (Å²) in [5.74, 6) is 7.17. The molecule has 1 nitrogen and oxygen atoms in total. The van der Waals surface area contributed by atoms with E-state index in [2.05, 4.69) is 17.1 Å². The summed E-state index contributed by atoms with van der Waals surface area (Å²) >= 11 is 2.34. The van der Waals surface area contributed by atoms with Gasteiger partial charge in [-0.15, -0.1) is 0 Å². The van der Waals surface area contributed by atoms with Crippen molar-refractivity contribution in [1.82, 2.24) is 5.32 Å². The van der Waals surface area contributed by atoms with E-state index in [1.54, 1.807) is 32.1 Å². The Bertz CT molecular complexity index is 269. The fourth-order valence-electron chi connectivity index (χ4n) is 5.52. The van der Waals surface area contributed by atoms with E-state index >= 15 is 0 Å². The molecule has 0 aromatic carbocycles. The van der Waals surface area contributed by atoms with Gasteiger partial charge < -0.3 is 5.32 Å². The average molecular weight is 265 g/mol. The van der Waals surface area contributed by atoms with Gasteiger partial charge in [-0.1, -0.05) is 0 Å². The van der Waals surface area contributed by atoms with Crippen LogP contribution in [0.15, 0.2) is 0 Å². The monoisotopic (exact) mass is 265 g/mol. The lowest BCUT2D eigenvalue weighted by Crippen LogP contribution is -2.46. The first-order chi connectivity index (χ1) is 8.88. The molecule has 0 amide bonds. The Morgan fingerprint density at radius 1 is 0.833 bits per heavy atom. The fourth-order valence-corrected chi connectivity index (χ4v) is 7.13. The van der Waals surface area contributed by atoms with E-state index in [0.717, 1.165) is 34.8 Å². The van der Waals surface area contributed by atoms with Crippen molar-refractivity contribution < 1.29 is 0 Å². The van der Waals surface area contributed by atoms with Crippen LogP contribution in [0.1, 0.15) is 44.9 Å². The molecule has 4 aliphatic carbocycles. The van der Waals surface area contributed by atoms with Gasteiger partial charge in [0.05, 0.1) is 0 Å². The molecule has 2 heteroatoms. The predicted molar refractivity (Wildman–Crippen MR) is 78.9 cm³/mol. The third kappa shape index (κ3) is 2.24. The minimum atomic E-state index is 0.975. The molecule has 5 aliphatic rings. The zero-order chi connectivity index (χ0) is 11.9. The van der Waals surface area contributed by atoms with Gasteiger partial charge in [0.2, 0.25) is 0 Å². The molecule has 0 spiro atoms. The minimum Gasteiger partial charge on any atom is -0.317 e. The Balaban J connectivity index is 1.34. The van der Waals surface area contributed by atoms with Crippen LogP contribution >= 0.6 is 11.8 Å². The quantitative estimate of drug-likeness (QED) is 0.837. The van der Waals surface area contributed by atoms with Crippen LogP contribution in [0, 0.1) is 29.6 Å². The van der Waals surface area contributed by atoms with Crippen LogP contribution < -0.4 is 5.32 Å². The van der Waals surface area contributed by atoms with Crippen LogP contribution in [0.2, 0.25) is 0 Å². The molecule has 1 saturated heterocycles. The van der Waals surface area contributed by atoms with Crippen molar-refractivity contribution >= 4 is 11.8 Å². The maximum absolute atomic E-state index is 3.49. The number of hydrogen-bond acceptors (Lipinski definition) is 2. The Kier molecular flexibility index (Phi) is 3.36. The summed E-state index contributed by atoms with van der Waals surface area (Å²) in [6.07, 6.45) is 10.8. The van der Waals surface area contributed by atoms with Crippen LogP contribution in [-0.2, 0) is 0 Å². The van der Waals surface area contributed by atoms with Crippen molar-refractivity contribution in [3.8, 4) is 0 Å². The molecule has 1 aliphatic heterocycles. The van der Waals surface area contributed by atoms with E-state index in [4.69, 9.17) is 0 Å². The molecule has 0 radical (unpaired) electrons. The van der Waals surface area contributed by atoms with Crippen molar-refractivity contribution in [3.05, 3.63) is 0 Å². The van der Waals surface area contributed by atoms with Gasteiger partial charge in [-0.25, -0.2) is 0 Å². The van der Waals surface area contributed by atoms with Crippen LogP contribution in [-0.4, -0.2) is 24.1 Å². The second-order valence-electron chi connectivity index (χ2n) is 7.38. The molecule has 18 heavy (non-hydrogen) atoms. The molecular weight excluding hydrogens is 238 g/mol. The lowest BCUT2D eigenvalue weighted by molar-refractivity contribution is -0.0262. The molecule has 0 unspecified atom stereocenters. The first-order valence-electron chi connectivity index (χ1n) is 8.21. The van der Waals surface area contributed by atoms with Gasteiger partial charge in [0.1, 0.15) is 0 Å². The first kappa shape index (κ1) is 12.1. The van der Waals surface area contributed by atoms with Crippen LogP contribution in [0.25, 0.3) is 0 Å². The lowest BCUT2D eigenvalue weighted by Gasteiger charge is -2.54. The van der Waals surface area contributed by atoms with E-state index in [9.17, 15) is 0 Å². The highest BCUT2D eigenvalue weighted by Crippen LogP contribution is 2.57. The molecule has 4 bridgehead atoms. The van der Waals surface area contributed by atoms with Gasteiger partial charge in [-0.3, -0.25) is 0 Å². The fraction of sp³-hybridized carbons (Fsp3) is 1.00. The molecule has 102 valence electrons. The predicted octanol–water partition coefficient (Wildman–Crippen LogP) is 3.54. The van der Waals surface area contributed by atoms with Gasteiger partial charge in [0.25, 0.3) is 0 Å². The maximum atomic E-state index is 3.49. The van der Waals surface area contributed by atoms with E-state index in [0.29, 0.717) is 0 Å². The second-order valence-corrected chi connectivity index (χ2v) is 8.71. The summed E-state index contributed by atoms with van der Waals surface area (Å²) in [5, 5.41) is 4.47. The molecule has 5 fully saturated rings. The van der Waals surface area contributed by atoms with Crippen LogP contribution in [0.4, 0.5) is 0 Å². The average Bonchev–Trinajstić information content (AvgIpc) is 2.38. The molecular formula is C16H27NS. The smallest absolute Gasteiger partial charge is 0.00712 e. The molecule has 0 aromatic rings. The SMILES string of the molecule is C1CC(SCC2C3CC4CC(C3)CC2C4)CCN1. The van der Waals surface area contributed by atoms with Gasteiger partial charge in [-0.2, -0.15) is 11.8 Å². The molecule has 1 N–H and O–H groups in total. The highest BCUT2D eigenvalue weighted by atomic mass is 32.2. The van der Waals surface area contributed by atoms with E-state index in [1.807, 2.05) is 0 Å². The number of rotatable bonds is 3. The van der Waals surface area contributed by atoms with Gasteiger partial charge in [-0.05, 0) is 93.4 Å². The highest BCUT2D eigenvalue weighted by Gasteiger charge is 2.47. The number of hydrogen-bond donors (Lipinski definition) is 1. The van der Waals surface area contributed by atoms with Gasteiger partial charge in [0, 0.05) is 5.25 Å². The largest absolute Gasteiger partial charge is 0.317 e. The molecule has 0 aromatic heterocycles. The Labute approximate surface area is 116 Å². The summed E-state index contributed by atoms with van der Waals surface area (Å²) in [6, 6.07) is 0. The van der Waals surface area contributed by atoms with Gasteiger partial charge in [0.15, 0.2) is 0 Å². The van der Waals surface area contributed by atoms with Gasteiger partial charge >= 0.3 is 0 Å². The Morgan fingerprint density at radius 2 is 1.44 bits per heavy atom. The topological polar surface area (TPSA) is 12.0 Å². The molecule has 5 rings (SSSR count). The normalized spacial score (nSPS) is 47.7. The number of piperidine rings is 1. The zero-order valence-electron chi connectivity index (χ0n) is 11.4. The minimum absolute atomic E-state index is 0.975. The summed E-state index contributed by atoms with van der Waals surface area (Å²) in [6.45, 7) is 2.53. The van der Waals surface area contributed by atoms with Crippen molar-refractivity contribution in [2.24, 2.45) is 29.6 Å². The van der Waals surface area contributed by atoms with Crippen LogP contribution in [0.3, 0.4) is 0 Å². The number of nitrogens with one attached hydrogen (secondary N) is 1. The second kappa shape index (κ2) is 5.01. The summed E-state index contributed by atoms with van der Waals surface area (Å²) in [7, 11) is 0. The van der Waals surface area contributed by atoms with E-state index in [-0.39, 0.29) is 0 Å². The summed E-state index contributed by atoms with van der Waals surface area (Å²) < 4.78 is 0. The highest BCUT2D eigenvalue weighted by molar-refractivity contribution is 7.99. The Hall–Kier alpha value is 0.310.